The number of benzene rings is 1. The van der Waals surface area contributed by atoms with Gasteiger partial charge in [0.25, 0.3) is 0 Å². The van der Waals surface area contributed by atoms with Gasteiger partial charge in [0.05, 0.1) is 12.9 Å². The number of fused-ring (bicyclic) bond motifs is 1. The van der Waals surface area contributed by atoms with E-state index < -0.39 is 5.54 Å². The van der Waals surface area contributed by atoms with Crippen molar-refractivity contribution in [2.24, 2.45) is 5.73 Å². The molecule has 0 radical (unpaired) electrons. The van der Waals surface area contributed by atoms with Crippen LogP contribution < -0.4 is 21.7 Å². The van der Waals surface area contributed by atoms with Gasteiger partial charge in [-0.2, -0.15) is 0 Å². The number of hydrogen-bond acceptors (Lipinski definition) is 8. The predicted molar refractivity (Wildman–Crippen MR) is 128 cm³/mol. The standard InChI is InChI=1S/C23H30FN9O/c1-31(2)9-15-16(10-33-13-29-19-20(25)27-12-28-21(19)33)18(6-5-17(15)24)32-8-7-23(26,11-32)22(34)30-14-3-4-14/h5-6,12-14H,3-4,7-11,26H2,1-2H3,(H,30,34)(H2,25,27,28). The first kappa shape index (κ1) is 22.5. The van der Waals surface area contributed by atoms with Crippen molar-refractivity contribution in [3.63, 3.8) is 0 Å². The number of carbonyl (C=O) groups excluding carboxylic acids is 1. The second-order valence-corrected chi connectivity index (χ2v) is 9.64. The molecule has 1 aliphatic carbocycles. The summed E-state index contributed by atoms with van der Waals surface area (Å²) in [7, 11) is 3.80. The molecule has 1 amide bonds. The Morgan fingerprint density at radius 2 is 2.06 bits per heavy atom. The van der Waals surface area contributed by atoms with Gasteiger partial charge in [-0.25, -0.2) is 19.3 Å². The smallest absolute Gasteiger partial charge is 0.242 e. The van der Waals surface area contributed by atoms with Crippen molar-refractivity contribution in [1.82, 2.24) is 29.7 Å². The second-order valence-electron chi connectivity index (χ2n) is 9.64. The highest BCUT2D eigenvalue weighted by Crippen LogP contribution is 2.34. The number of amides is 1. The summed E-state index contributed by atoms with van der Waals surface area (Å²) in [5, 5.41) is 3.04. The van der Waals surface area contributed by atoms with Gasteiger partial charge in [-0.15, -0.1) is 0 Å². The molecule has 0 bridgehead atoms. The topological polar surface area (TPSA) is 131 Å². The molecule has 2 fully saturated rings. The van der Waals surface area contributed by atoms with Crippen LogP contribution in [0.25, 0.3) is 11.2 Å². The summed E-state index contributed by atoms with van der Waals surface area (Å²) in [4.78, 5) is 29.5. The van der Waals surface area contributed by atoms with Crippen LogP contribution in [-0.2, 0) is 17.9 Å². The van der Waals surface area contributed by atoms with E-state index in [2.05, 4.69) is 25.2 Å². The van der Waals surface area contributed by atoms with Crippen molar-refractivity contribution in [3.05, 3.63) is 41.7 Å². The maximum absolute atomic E-state index is 15.1. The summed E-state index contributed by atoms with van der Waals surface area (Å²) in [5.74, 6) is -0.0935. The molecule has 3 aromatic rings. The quantitative estimate of drug-likeness (QED) is 0.466. The first-order valence-corrected chi connectivity index (χ1v) is 11.5. The molecule has 1 unspecified atom stereocenters. The summed E-state index contributed by atoms with van der Waals surface area (Å²) in [6.45, 7) is 1.73. The number of imidazole rings is 1. The summed E-state index contributed by atoms with van der Waals surface area (Å²) in [5.41, 5.74) is 14.9. The fourth-order valence-corrected chi connectivity index (χ4v) is 4.58. The van der Waals surface area contributed by atoms with Crippen molar-refractivity contribution in [2.45, 2.75) is 43.9 Å². The number of anilines is 2. The number of hydrogen-bond donors (Lipinski definition) is 3. The number of aromatic nitrogens is 4. The van der Waals surface area contributed by atoms with E-state index in [4.69, 9.17) is 11.5 Å². The molecule has 5 N–H and O–H groups in total. The Bertz CT molecular complexity index is 1240. The molecule has 1 aliphatic heterocycles. The molecule has 2 aliphatic rings. The van der Waals surface area contributed by atoms with Crippen LogP contribution in [0.4, 0.5) is 15.9 Å². The van der Waals surface area contributed by atoms with Gasteiger partial charge >= 0.3 is 0 Å². The van der Waals surface area contributed by atoms with E-state index in [-0.39, 0.29) is 17.8 Å². The molecule has 1 saturated carbocycles. The fraction of sp³-hybridized carbons (Fsp3) is 0.478. The molecule has 1 atom stereocenters. The van der Waals surface area contributed by atoms with Gasteiger partial charge in [-0.3, -0.25) is 4.79 Å². The molecule has 5 rings (SSSR count). The zero-order chi connectivity index (χ0) is 24.0. The maximum Gasteiger partial charge on any atom is 0.242 e. The van der Waals surface area contributed by atoms with Crippen molar-refractivity contribution >= 4 is 28.6 Å². The van der Waals surface area contributed by atoms with Gasteiger partial charge in [0.15, 0.2) is 11.5 Å². The van der Waals surface area contributed by atoms with E-state index in [0.717, 1.165) is 24.1 Å². The van der Waals surface area contributed by atoms with E-state index in [9.17, 15) is 4.79 Å². The largest absolute Gasteiger partial charge is 0.382 e. The maximum atomic E-state index is 15.1. The second kappa shape index (κ2) is 8.48. The highest BCUT2D eigenvalue weighted by molar-refractivity contribution is 5.88. The first-order valence-electron chi connectivity index (χ1n) is 11.5. The molecule has 11 heteroatoms. The monoisotopic (exact) mass is 467 g/mol. The van der Waals surface area contributed by atoms with E-state index >= 15 is 4.39 Å². The van der Waals surface area contributed by atoms with Crippen LogP contribution in [0, 0.1) is 5.82 Å². The van der Waals surface area contributed by atoms with Crippen LogP contribution in [0.15, 0.2) is 24.8 Å². The molecule has 1 aromatic carbocycles. The lowest BCUT2D eigenvalue weighted by atomic mass is 9.98. The third kappa shape index (κ3) is 4.16. The van der Waals surface area contributed by atoms with Crippen molar-refractivity contribution < 1.29 is 9.18 Å². The normalized spacial score (nSPS) is 20.4. The summed E-state index contributed by atoms with van der Waals surface area (Å²) >= 11 is 0. The van der Waals surface area contributed by atoms with Crippen LogP contribution in [0.2, 0.25) is 0 Å². The van der Waals surface area contributed by atoms with Gasteiger partial charge in [0.2, 0.25) is 5.91 Å². The van der Waals surface area contributed by atoms with Crippen LogP contribution in [-0.4, -0.2) is 69.1 Å². The number of nitrogens with zero attached hydrogens (tertiary/aromatic N) is 6. The van der Waals surface area contributed by atoms with E-state index in [0.29, 0.717) is 55.1 Å². The summed E-state index contributed by atoms with van der Waals surface area (Å²) < 4.78 is 17.0. The molecule has 3 heterocycles. The van der Waals surface area contributed by atoms with Crippen molar-refractivity contribution in [1.29, 1.82) is 0 Å². The highest BCUT2D eigenvalue weighted by atomic mass is 19.1. The summed E-state index contributed by atoms with van der Waals surface area (Å²) in [6, 6.07) is 3.51. The lowest BCUT2D eigenvalue weighted by Crippen LogP contribution is -2.56. The SMILES string of the molecule is CN(C)Cc1c(F)ccc(N2CCC(N)(C(=O)NC3CC3)C2)c1Cn1cnc2c(N)ncnc21. The van der Waals surface area contributed by atoms with Gasteiger partial charge in [0, 0.05) is 42.5 Å². The van der Waals surface area contributed by atoms with E-state index in [1.807, 2.05) is 23.6 Å². The summed E-state index contributed by atoms with van der Waals surface area (Å²) in [6.07, 6.45) is 5.58. The number of nitrogens with two attached hydrogens (primary N) is 2. The molecule has 34 heavy (non-hydrogen) atoms. The molecular weight excluding hydrogens is 437 g/mol. The molecule has 10 nitrogen and oxygen atoms in total. The number of carbonyl (C=O) groups is 1. The van der Waals surface area contributed by atoms with Crippen LogP contribution in [0.1, 0.15) is 30.4 Å². The average Bonchev–Trinajstić information content (AvgIpc) is 3.36. The van der Waals surface area contributed by atoms with Gasteiger partial charge in [0.1, 0.15) is 23.2 Å². The minimum atomic E-state index is -0.973. The van der Waals surface area contributed by atoms with Gasteiger partial charge in [-0.1, -0.05) is 0 Å². The number of rotatable bonds is 7. The Morgan fingerprint density at radius 3 is 2.79 bits per heavy atom. The average molecular weight is 468 g/mol. The minimum Gasteiger partial charge on any atom is -0.382 e. The molecule has 1 saturated heterocycles. The highest BCUT2D eigenvalue weighted by Gasteiger charge is 2.43. The van der Waals surface area contributed by atoms with Crippen molar-refractivity contribution in [2.75, 3.05) is 37.8 Å². The zero-order valence-electron chi connectivity index (χ0n) is 19.5. The third-order valence-electron chi connectivity index (χ3n) is 6.59. The Kier molecular flexibility index (Phi) is 5.61. The lowest BCUT2D eigenvalue weighted by Gasteiger charge is -2.28. The molecular formula is C23H30FN9O. The first-order chi connectivity index (χ1) is 16.2. The fourth-order valence-electron chi connectivity index (χ4n) is 4.58. The Balaban J connectivity index is 1.52. The number of nitrogens with one attached hydrogen (secondary N) is 1. The van der Waals surface area contributed by atoms with Crippen LogP contribution in [0.3, 0.4) is 0 Å². The zero-order valence-corrected chi connectivity index (χ0v) is 19.5. The Morgan fingerprint density at radius 1 is 1.26 bits per heavy atom. The lowest BCUT2D eigenvalue weighted by molar-refractivity contribution is -0.125. The Hall–Kier alpha value is -3.31. The molecule has 0 spiro atoms. The van der Waals surface area contributed by atoms with Gasteiger partial charge in [-0.05, 0) is 45.5 Å². The van der Waals surface area contributed by atoms with Crippen LogP contribution >= 0.6 is 0 Å². The third-order valence-corrected chi connectivity index (χ3v) is 6.59. The van der Waals surface area contributed by atoms with E-state index in [1.165, 1.54) is 12.4 Å². The van der Waals surface area contributed by atoms with E-state index in [1.54, 1.807) is 12.4 Å². The minimum absolute atomic E-state index is 0.109. The molecule has 180 valence electrons. The number of halogens is 1. The van der Waals surface area contributed by atoms with Gasteiger partial charge < -0.3 is 31.2 Å². The predicted octanol–water partition coefficient (Wildman–Crippen LogP) is 0.844. The Labute approximate surface area is 197 Å². The van der Waals surface area contributed by atoms with Crippen molar-refractivity contribution in [3.8, 4) is 0 Å². The number of nitrogen functional groups attached to an aromatic ring is 1. The van der Waals surface area contributed by atoms with Crippen LogP contribution in [0.5, 0.6) is 0 Å². The molecule has 2 aromatic heterocycles.